The van der Waals surface area contributed by atoms with Gasteiger partial charge in [0, 0.05) is 35.6 Å². The number of rotatable bonds is 5. The highest BCUT2D eigenvalue weighted by atomic mass is 16.5. The van der Waals surface area contributed by atoms with E-state index in [1.807, 2.05) is 63.2 Å². The standard InChI is InChI=1S/C26H28N2O4/c1-15(2)32-26(30)23-16(3)28-21-13-18(17-8-10-19(31-4)11-9-17)14-22(29)24(21)25(23)20-7-5-6-12-27-20/h5-13,15,18,24-25,28H,14H2,1-4H3. The average Bonchev–Trinajstić information content (AvgIpc) is 2.78. The van der Waals surface area contributed by atoms with Crippen LogP contribution in [0.25, 0.3) is 0 Å². The lowest BCUT2D eigenvalue weighted by atomic mass is 9.69. The molecule has 0 saturated carbocycles. The monoisotopic (exact) mass is 432 g/mol. The Balaban J connectivity index is 1.78. The number of hydrogen-bond donors (Lipinski definition) is 1. The second kappa shape index (κ2) is 8.99. The first-order chi connectivity index (χ1) is 15.4. The predicted molar refractivity (Wildman–Crippen MR) is 121 cm³/mol. The molecular formula is C26H28N2O4. The molecule has 166 valence electrons. The Morgan fingerprint density at radius 2 is 1.88 bits per heavy atom. The van der Waals surface area contributed by atoms with Crippen molar-refractivity contribution in [2.75, 3.05) is 7.11 Å². The first-order valence-electron chi connectivity index (χ1n) is 10.9. The number of pyridine rings is 1. The largest absolute Gasteiger partial charge is 0.497 e. The van der Waals surface area contributed by atoms with Gasteiger partial charge in [0.15, 0.2) is 0 Å². The molecule has 3 atom stereocenters. The number of Topliss-reactive ketones (excluding diaryl/α,β-unsaturated/α-hetero) is 1. The van der Waals surface area contributed by atoms with E-state index in [1.165, 1.54) is 0 Å². The van der Waals surface area contributed by atoms with Gasteiger partial charge < -0.3 is 14.8 Å². The van der Waals surface area contributed by atoms with Crippen molar-refractivity contribution < 1.29 is 19.1 Å². The molecule has 0 bridgehead atoms. The van der Waals surface area contributed by atoms with E-state index in [9.17, 15) is 9.59 Å². The number of ether oxygens (including phenoxy) is 2. The van der Waals surface area contributed by atoms with Crippen LogP contribution in [-0.2, 0) is 14.3 Å². The molecule has 2 aliphatic rings. The molecule has 1 aromatic carbocycles. The summed E-state index contributed by atoms with van der Waals surface area (Å²) in [6.45, 7) is 5.48. The number of carbonyl (C=O) groups excluding carboxylic acids is 2. The lowest BCUT2D eigenvalue weighted by Gasteiger charge is -2.39. The highest BCUT2D eigenvalue weighted by Gasteiger charge is 2.45. The van der Waals surface area contributed by atoms with E-state index < -0.39 is 17.8 Å². The van der Waals surface area contributed by atoms with Crippen LogP contribution >= 0.6 is 0 Å². The van der Waals surface area contributed by atoms with Crippen molar-refractivity contribution >= 4 is 11.8 Å². The van der Waals surface area contributed by atoms with Crippen molar-refractivity contribution in [3.8, 4) is 5.75 Å². The summed E-state index contributed by atoms with van der Waals surface area (Å²) in [5.74, 6) is -0.594. The van der Waals surface area contributed by atoms with E-state index in [2.05, 4.69) is 16.4 Å². The molecule has 0 spiro atoms. The molecule has 0 saturated heterocycles. The molecule has 0 radical (unpaired) electrons. The minimum atomic E-state index is -0.502. The van der Waals surface area contributed by atoms with Crippen LogP contribution in [0.1, 0.15) is 50.3 Å². The molecule has 4 rings (SSSR count). The van der Waals surface area contributed by atoms with E-state index in [4.69, 9.17) is 9.47 Å². The van der Waals surface area contributed by atoms with Gasteiger partial charge in [-0.3, -0.25) is 9.78 Å². The fraction of sp³-hybridized carbons (Fsp3) is 0.346. The third-order valence-electron chi connectivity index (χ3n) is 5.98. The molecule has 32 heavy (non-hydrogen) atoms. The van der Waals surface area contributed by atoms with Crippen LogP contribution in [0.5, 0.6) is 5.75 Å². The van der Waals surface area contributed by atoms with Gasteiger partial charge in [-0.25, -0.2) is 4.79 Å². The summed E-state index contributed by atoms with van der Waals surface area (Å²) in [6, 6.07) is 13.4. The molecule has 0 amide bonds. The van der Waals surface area contributed by atoms with Crippen LogP contribution < -0.4 is 10.1 Å². The van der Waals surface area contributed by atoms with E-state index in [0.29, 0.717) is 23.4 Å². The number of aromatic nitrogens is 1. The van der Waals surface area contributed by atoms with Crippen molar-refractivity contribution in [1.29, 1.82) is 0 Å². The Kier molecular flexibility index (Phi) is 6.12. The van der Waals surface area contributed by atoms with Crippen molar-refractivity contribution in [2.45, 2.75) is 45.1 Å². The SMILES string of the molecule is COc1ccc(C2C=C3NC(C)=C(C(=O)OC(C)C)C(c4ccccn4)C3C(=O)C2)cc1. The molecule has 1 aromatic heterocycles. The van der Waals surface area contributed by atoms with Crippen LogP contribution in [0.4, 0.5) is 0 Å². The average molecular weight is 433 g/mol. The Morgan fingerprint density at radius 1 is 1.12 bits per heavy atom. The minimum absolute atomic E-state index is 0.0477. The second-order valence-corrected chi connectivity index (χ2v) is 8.50. The van der Waals surface area contributed by atoms with Crippen LogP contribution in [-0.4, -0.2) is 30.0 Å². The third-order valence-corrected chi connectivity index (χ3v) is 5.98. The minimum Gasteiger partial charge on any atom is -0.497 e. The Labute approximate surface area is 188 Å². The van der Waals surface area contributed by atoms with Gasteiger partial charge in [0.05, 0.1) is 30.6 Å². The van der Waals surface area contributed by atoms with Gasteiger partial charge in [-0.05, 0) is 50.6 Å². The molecule has 1 aliphatic carbocycles. The van der Waals surface area contributed by atoms with Crippen LogP contribution in [0.15, 0.2) is 71.7 Å². The van der Waals surface area contributed by atoms with Gasteiger partial charge >= 0.3 is 5.97 Å². The highest BCUT2D eigenvalue weighted by molar-refractivity contribution is 5.96. The van der Waals surface area contributed by atoms with Crippen LogP contribution in [0, 0.1) is 5.92 Å². The summed E-state index contributed by atoms with van der Waals surface area (Å²) in [4.78, 5) is 31.1. The molecular weight excluding hydrogens is 404 g/mol. The first kappa shape index (κ1) is 21.8. The lowest BCUT2D eigenvalue weighted by molar-refractivity contribution is -0.143. The predicted octanol–water partition coefficient (Wildman–Crippen LogP) is 4.26. The van der Waals surface area contributed by atoms with Gasteiger partial charge in [0.2, 0.25) is 0 Å². The highest BCUT2D eigenvalue weighted by Crippen LogP contribution is 2.45. The summed E-state index contributed by atoms with van der Waals surface area (Å²) in [6.07, 6.45) is 3.90. The van der Waals surface area contributed by atoms with E-state index >= 15 is 0 Å². The molecule has 0 fully saturated rings. The maximum atomic E-state index is 13.5. The van der Waals surface area contributed by atoms with E-state index in [1.54, 1.807) is 13.3 Å². The number of nitrogens with zero attached hydrogens (tertiary/aromatic N) is 1. The van der Waals surface area contributed by atoms with Crippen LogP contribution in [0.2, 0.25) is 0 Å². The lowest BCUT2D eigenvalue weighted by Crippen LogP contribution is -2.42. The summed E-state index contributed by atoms with van der Waals surface area (Å²) in [7, 11) is 1.63. The topological polar surface area (TPSA) is 77.5 Å². The van der Waals surface area contributed by atoms with Gasteiger partial charge in [-0.15, -0.1) is 0 Å². The number of fused-ring (bicyclic) bond motifs is 1. The summed E-state index contributed by atoms with van der Waals surface area (Å²) in [5, 5.41) is 3.34. The summed E-state index contributed by atoms with van der Waals surface area (Å²) in [5.41, 5.74) is 3.72. The quantitative estimate of drug-likeness (QED) is 0.712. The number of methoxy groups -OCH3 is 1. The van der Waals surface area contributed by atoms with Gasteiger partial charge in [-0.1, -0.05) is 24.3 Å². The number of allylic oxidation sites excluding steroid dienone is 3. The Bertz CT molecular complexity index is 1070. The van der Waals surface area contributed by atoms with Gasteiger partial charge in [0.25, 0.3) is 0 Å². The van der Waals surface area contributed by atoms with E-state index in [-0.39, 0.29) is 17.8 Å². The zero-order chi connectivity index (χ0) is 22.8. The number of hydrogen-bond acceptors (Lipinski definition) is 6. The fourth-order valence-electron chi connectivity index (χ4n) is 4.57. The normalized spacial score (nSPS) is 22.7. The molecule has 1 N–H and O–H groups in total. The number of benzene rings is 1. The second-order valence-electron chi connectivity index (χ2n) is 8.50. The van der Waals surface area contributed by atoms with Crippen molar-refractivity contribution in [1.82, 2.24) is 10.3 Å². The first-order valence-corrected chi connectivity index (χ1v) is 10.9. The number of esters is 1. The molecule has 2 heterocycles. The molecule has 1 aliphatic heterocycles. The number of carbonyl (C=O) groups is 2. The summed E-state index contributed by atoms with van der Waals surface area (Å²) >= 11 is 0. The zero-order valence-electron chi connectivity index (χ0n) is 18.8. The van der Waals surface area contributed by atoms with E-state index in [0.717, 1.165) is 17.0 Å². The maximum absolute atomic E-state index is 13.5. The molecule has 6 heteroatoms. The zero-order valence-corrected chi connectivity index (χ0v) is 18.8. The molecule has 3 unspecified atom stereocenters. The number of ketones is 1. The fourth-order valence-corrected chi connectivity index (χ4v) is 4.57. The Morgan fingerprint density at radius 3 is 2.50 bits per heavy atom. The van der Waals surface area contributed by atoms with Gasteiger partial charge in [0.1, 0.15) is 11.5 Å². The molecule has 6 nitrogen and oxygen atoms in total. The van der Waals surface area contributed by atoms with Crippen LogP contribution in [0.3, 0.4) is 0 Å². The van der Waals surface area contributed by atoms with Gasteiger partial charge in [-0.2, -0.15) is 0 Å². The van der Waals surface area contributed by atoms with Crippen molar-refractivity contribution in [2.24, 2.45) is 5.92 Å². The smallest absolute Gasteiger partial charge is 0.336 e. The summed E-state index contributed by atoms with van der Waals surface area (Å²) < 4.78 is 10.8. The van der Waals surface area contributed by atoms with Crippen molar-refractivity contribution in [3.05, 3.63) is 83.0 Å². The maximum Gasteiger partial charge on any atom is 0.336 e. The third kappa shape index (κ3) is 4.17. The molecule has 2 aromatic rings. The Hall–Kier alpha value is -3.41. The van der Waals surface area contributed by atoms with Crippen molar-refractivity contribution in [3.63, 3.8) is 0 Å². The number of nitrogens with one attached hydrogen (secondary N) is 1.